The van der Waals surface area contributed by atoms with Crippen molar-refractivity contribution in [2.24, 2.45) is 5.10 Å². The normalized spacial score (nSPS) is 9.92. The lowest BCUT2D eigenvalue weighted by Gasteiger charge is -2.08. The predicted octanol–water partition coefficient (Wildman–Crippen LogP) is 3.50. The van der Waals surface area contributed by atoms with Gasteiger partial charge in [0.2, 0.25) is 0 Å². The summed E-state index contributed by atoms with van der Waals surface area (Å²) in [4.78, 5) is 23.6. The molecule has 0 saturated carbocycles. The maximum absolute atomic E-state index is 11.9. The second-order valence-electron chi connectivity index (χ2n) is 5.58. The van der Waals surface area contributed by atoms with E-state index >= 15 is 0 Å². The topological polar surface area (TPSA) is 79.8 Å². The van der Waals surface area contributed by atoms with Crippen molar-refractivity contribution in [1.29, 1.82) is 0 Å². The second kappa shape index (κ2) is 9.98. The Labute approximate surface area is 153 Å². The van der Waals surface area contributed by atoms with E-state index in [4.69, 9.17) is 4.74 Å². The smallest absolute Gasteiger partial charge is 0.329 e. The molecule has 0 bridgehead atoms. The number of rotatable bonds is 7. The van der Waals surface area contributed by atoms with Gasteiger partial charge < -0.3 is 10.1 Å². The zero-order valence-electron chi connectivity index (χ0n) is 15.0. The van der Waals surface area contributed by atoms with Crippen LogP contribution in [0, 0.1) is 0 Å². The first-order valence-electron chi connectivity index (χ1n) is 8.56. The summed E-state index contributed by atoms with van der Waals surface area (Å²) in [6.07, 6.45) is 1.45. The minimum absolute atomic E-state index is 0.462. The number of nitrogens with one attached hydrogen (secondary N) is 2. The molecule has 0 fully saturated rings. The van der Waals surface area contributed by atoms with Crippen LogP contribution in [-0.4, -0.2) is 17.5 Å². The van der Waals surface area contributed by atoms with Gasteiger partial charge in [0.1, 0.15) is 12.4 Å². The zero-order chi connectivity index (χ0) is 18.8. The minimum atomic E-state index is -0.797. The number of benzene rings is 2. The number of carbonyl (C=O) groups excluding carboxylic acids is 2. The van der Waals surface area contributed by atoms with Crippen LogP contribution in [0.5, 0.6) is 5.75 Å². The summed E-state index contributed by atoms with van der Waals surface area (Å²) < 4.78 is 5.68. The first-order chi connectivity index (χ1) is 12.6. The molecule has 2 N–H and O–H groups in total. The number of anilines is 1. The van der Waals surface area contributed by atoms with Gasteiger partial charge in [0, 0.05) is 11.4 Å². The van der Waals surface area contributed by atoms with Gasteiger partial charge in [-0.25, -0.2) is 5.43 Å². The first kappa shape index (κ1) is 19.2. The van der Waals surface area contributed by atoms with E-state index in [1.165, 1.54) is 0 Å². The van der Waals surface area contributed by atoms with E-state index in [1.54, 1.807) is 24.3 Å². The molecule has 0 heterocycles. The third-order valence-electron chi connectivity index (χ3n) is 3.70. The predicted molar refractivity (Wildman–Crippen MR) is 102 cm³/mol. The fourth-order valence-electron chi connectivity index (χ4n) is 2.15. The Morgan fingerprint density at radius 2 is 1.58 bits per heavy atom. The highest BCUT2D eigenvalue weighted by atomic mass is 16.5. The van der Waals surface area contributed by atoms with Gasteiger partial charge in [-0.05, 0) is 42.7 Å². The summed E-state index contributed by atoms with van der Waals surface area (Å²) in [5, 5.41) is 6.45. The molecule has 0 aliphatic rings. The number of carbonyl (C=O) groups is 2. The van der Waals surface area contributed by atoms with Crippen molar-refractivity contribution in [1.82, 2.24) is 5.43 Å². The van der Waals surface area contributed by atoms with Crippen molar-refractivity contribution in [3.63, 3.8) is 0 Å². The molecule has 6 heteroatoms. The first-order valence-corrected chi connectivity index (χ1v) is 8.56. The highest BCUT2D eigenvalue weighted by Crippen LogP contribution is 2.17. The molecule has 0 atom stereocenters. The molecule has 2 aromatic rings. The van der Waals surface area contributed by atoms with Crippen molar-refractivity contribution in [3.05, 3.63) is 60.2 Å². The highest BCUT2D eigenvalue weighted by molar-refractivity contribution is 6.39. The Morgan fingerprint density at radius 3 is 2.19 bits per heavy atom. The molecular weight excluding hydrogens is 330 g/mol. The van der Waals surface area contributed by atoms with E-state index in [0.29, 0.717) is 18.0 Å². The molecule has 2 aromatic carbocycles. The van der Waals surface area contributed by atoms with Crippen LogP contribution in [-0.2, 0) is 16.2 Å². The highest BCUT2D eigenvalue weighted by Gasteiger charge is 2.13. The summed E-state index contributed by atoms with van der Waals surface area (Å²) in [5.41, 5.74) is 4.67. The molecule has 2 amide bonds. The lowest BCUT2D eigenvalue weighted by molar-refractivity contribution is -0.136. The van der Waals surface area contributed by atoms with Crippen LogP contribution in [0.4, 0.5) is 5.69 Å². The fraction of sp³-hybridized carbons (Fsp3) is 0.250. The number of hydrazone groups is 1. The minimum Gasteiger partial charge on any atom is -0.489 e. The van der Waals surface area contributed by atoms with E-state index in [-0.39, 0.29) is 0 Å². The standard InChI is InChI=1S/C20H23N3O3/c1-3-16(4-2)22-23-20(25)19(24)21-17-10-12-18(13-11-17)26-14-15-8-6-5-7-9-15/h5-13H,3-4,14H2,1-2H3,(H,21,24)(H,23,25). The third-order valence-corrected chi connectivity index (χ3v) is 3.70. The van der Waals surface area contributed by atoms with Crippen molar-refractivity contribution in [2.45, 2.75) is 33.3 Å². The van der Waals surface area contributed by atoms with Gasteiger partial charge in [-0.1, -0.05) is 44.2 Å². The SMILES string of the molecule is CCC(CC)=NNC(=O)C(=O)Nc1ccc(OCc2ccccc2)cc1. The summed E-state index contributed by atoms with van der Waals surface area (Å²) in [6.45, 7) is 4.34. The van der Waals surface area contributed by atoms with Gasteiger partial charge in [-0.2, -0.15) is 5.10 Å². The zero-order valence-corrected chi connectivity index (χ0v) is 15.0. The molecular formula is C20H23N3O3. The largest absolute Gasteiger partial charge is 0.489 e. The molecule has 136 valence electrons. The lowest BCUT2D eigenvalue weighted by Crippen LogP contribution is -2.32. The van der Waals surface area contributed by atoms with Crippen molar-refractivity contribution in [2.75, 3.05) is 5.32 Å². The molecule has 26 heavy (non-hydrogen) atoms. The average Bonchev–Trinajstić information content (AvgIpc) is 2.68. The van der Waals surface area contributed by atoms with Gasteiger partial charge in [0.05, 0.1) is 0 Å². The fourth-order valence-corrected chi connectivity index (χ4v) is 2.15. The van der Waals surface area contributed by atoms with Gasteiger partial charge in [-0.3, -0.25) is 9.59 Å². The quantitative estimate of drug-likeness (QED) is 0.454. The summed E-state index contributed by atoms with van der Waals surface area (Å²) >= 11 is 0. The summed E-state index contributed by atoms with van der Waals surface area (Å²) in [5.74, 6) is -0.886. The molecule has 0 unspecified atom stereocenters. The van der Waals surface area contributed by atoms with Crippen LogP contribution < -0.4 is 15.5 Å². The van der Waals surface area contributed by atoms with E-state index < -0.39 is 11.8 Å². The van der Waals surface area contributed by atoms with Crippen molar-refractivity contribution < 1.29 is 14.3 Å². The Bertz CT molecular complexity index is 750. The van der Waals surface area contributed by atoms with Crippen molar-refractivity contribution in [3.8, 4) is 5.75 Å². The number of hydrogen-bond donors (Lipinski definition) is 2. The Kier molecular flexibility index (Phi) is 7.36. The maximum Gasteiger partial charge on any atom is 0.329 e. The van der Waals surface area contributed by atoms with E-state index in [0.717, 1.165) is 24.1 Å². The molecule has 0 radical (unpaired) electrons. The van der Waals surface area contributed by atoms with Crippen molar-refractivity contribution >= 4 is 23.2 Å². The van der Waals surface area contributed by atoms with Crippen LogP contribution in [0.15, 0.2) is 59.7 Å². The number of hydrogen-bond acceptors (Lipinski definition) is 4. The van der Waals surface area contributed by atoms with E-state index in [9.17, 15) is 9.59 Å². The van der Waals surface area contributed by atoms with Crippen LogP contribution in [0.1, 0.15) is 32.3 Å². The van der Waals surface area contributed by atoms with Crippen LogP contribution in [0.3, 0.4) is 0 Å². The summed E-state index contributed by atoms with van der Waals surface area (Å²) in [6, 6.07) is 16.7. The van der Waals surface area contributed by atoms with Gasteiger partial charge in [0.25, 0.3) is 0 Å². The van der Waals surface area contributed by atoms with Crippen LogP contribution >= 0.6 is 0 Å². The average molecular weight is 353 g/mol. The number of nitrogens with zero attached hydrogens (tertiary/aromatic N) is 1. The number of amides is 2. The number of ether oxygens (including phenoxy) is 1. The molecule has 0 aliphatic heterocycles. The molecule has 6 nitrogen and oxygen atoms in total. The van der Waals surface area contributed by atoms with Gasteiger partial charge in [0.15, 0.2) is 0 Å². The molecule has 0 saturated heterocycles. The molecule has 0 aromatic heterocycles. The Balaban J connectivity index is 1.85. The van der Waals surface area contributed by atoms with Crippen LogP contribution in [0.25, 0.3) is 0 Å². The maximum atomic E-state index is 11.9. The molecule has 2 rings (SSSR count). The molecule has 0 aliphatic carbocycles. The Morgan fingerprint density at radius 1 is 0.923 bits per heavy atom. The van der Waals surface area contributed by atoms with E-state index in [1.807, 2.05) is 44.2 Å². The van der Waals surface area contributed by atoms with E-state index in [2.05, 4.69) is 15.8 Å². The summed E-state index contributed by atoms with van der Waals surface area (Å²) in [7, 11) is 0. The molecule has 0 spiro atoms. The Hall–Kier alpha value is -3.15. The van der Waals surface area contributed by atoms with Crippen LogP contribution in [0.2, 0.25) is 0 Å². The van der Waals surface area contributed by atoms with Gasteiger partial charge >= 0.3 is 11.8 Å². The van der Waals surface area contributed by atoms with Gasteiger partial charge in [-0.15, -0.1) is 0 Å². The second-order valence-corrected chi connectivity index (χ2v) is 5.58. The monoisotopic (exact) mass is 353 g/mol. The lowest BCUT2D eigenvalue weighted by atomic mass is 10.2. The third kappa shape index (κ3) is 6.05.